The lowest BCUT2D eigenvalue weighted by Gasteiger charge is -2.18. The normalized spacial score (nSPS) is 17.9. The van der Waals surface area contributed by atoms with Crippen LogP contribution in [0.4, 0.5) is 5.69 Å². The molecule has 0 spiro atoms. The molecule has 31 heavy (non-hydrogen) atoms. The average molecular weight is 440 g/mol. The third-order valence-electron chi connectivity index (χ3n) is 5.37. The van der Waals surface area contributed by atoms with Gasteiger partial charge in [-0.05, 0) is 43.2 Å². The van der Waals surface area contributed by atoms with Gasteiger partial charge in [0.05, 0.1) is 10.5 Å². The van der Waals surface area contributed by atoms with E-state index in [-0.39, 0.29) is 17.4 Å². The van der Waals surface area contributed by atoms with Gasteiger partial charge < -0.3 is 15.0 Å². The molecule has 2 aliphatic rings. The Morgan fingerprint density at radius 2 is 1.94 bits per heavy atom. The minimum atomic E-state index is -3.88. The van der Waals surface area contributed by atoms with Crippen molar-refractivity contribution in [2.75, 3.05) is 25.5 Å². The fourth-order valence-corrected chi connectivity index (χ4v) is 4.77. The molecule has 162 valence electrons. The number of amidine groups is 1. The number of rotatable bonds is 4. The molecule has 7 nitrogen and oxygen atoms in total. The Labute approximate surface area is 182 Å². The number of carbonyl (C=O) groups is 1. The van der Waals surface area contributed by atoms with Gasteiger partial charge in [-0.2, -0.15) is 8.42 Å². The Balaban J connectivity index is 1.53. The summed E-state index contributed by atoms with van der Waals surface area (Å²) in [5, 5.41) is 2.77. The molecule has 0 aliphatic carbocycles. The van der Waals surface area contributed by atoms with Gasteiger partial charge in [0.1, 0.15) is 18.2 Å². The second kappa shape index (κ2) is 8.93. The van der Waals surface area contributed by atoms with Gasteiger partial charge in [-0.25, -0.2) is 0 Å². The first-order valence-electron chi connectivity index (χ1n) is 10.3. The number of likely N-dealkylation sites (tertiary alicyclic amines) is 1. The molecule has 4 rings (SSSR count). The van der Waals surface area contributed by atoms with Crippen LogP contribution in [0.2, 0.25) is 0 Å². The Bertz CT molecular complexity index is 1150. The highest BCUT2D eigenvalue weighted by atomic mass is 32.2. The van der Waals surface area contributed by atoms with Crippen LogP contribution in [0.15, 0.2) is 63.4 Å². The topological polar surface area (TPSA) is 88.1 Å². The van der Waals surface area contributed by atoms with E-state index in [0.717, 1.165) is 37.1 Å². The number of benzene rings is 2. The minimum Gasteiger partial charge on any atom is -0.488 e. The van der Waals surface area contributed by atoms with Gasteiger partial charge in [0, 0.05) is 31.3 Å². The number of carbonyl (C=O) groups excluding carboxylic acids is 1. The van der Waals surface area contributed by atoms with Crippen LogP contribution in [0, 0.1) is 0 Å². The zero-order valence-corrected chi connectivity index (χ0v) is 18.2. The van der Waals surface area contributed by atoms with Gasteiger partial charge in [-0.15, -0.1) is 4.40 Å². The molecule has 2 aromatic rings. The lowest BCUT2D eigenvalue weighted by atomic mass is 10.1. The standard InChI is InChI=1S/C23H25N3O4S/c1-26-13-6-2-3-12-22(26)25-31(28,29)20-10-7-9-19(15-20)24-23(27)18-14-17-8-4-5-11-21(17)30-16-18/h4-5,7-11,14-15H,2-3,6,12-13,16H2,1H3,(H,24,27)/b25-22-. The third kappa shape index (κ3) is 4.96. The Kier molecular flexibility index (Phi) is 6.08. The summed E-state index contributed by atoms with van der Waals surface area (Å²) >= 11 is 0. The van der Waals surface area contributed by atoms with E-state index in [0.29, 0.717) is 23.5 Å². The lowest BCUT2D eigenvalue weighted by molar-refractivity contribution is -0.113. The SMILES string of the molecule is CN1CCCCC/C1=N/S(=O)(=O)c1cccc(NC(=O)C2=Cc3ccccc3OC2)c1. The monoisotopic (exact) mass is 439 g/mol. The number of fused-ring (bicyclic) bond motifs is 1. The molecule has 0 radical (unpaired) electrons. The van der Waals surface area contributed by atoms with Crippen molar-refractivity contribution in [2.24, 2.45) is 4.40 Å². The number of nitrogens with zero attached hydrogens (tertiary/aromatic N) is 2. The van der Waals surface area contributed by atoms with Crippen molar-refractivity contribution in [3.8, 4) is 5.75 Å². The summed E-state index contributed by atoms with van der Waals surface area (Å²) in [5.41, 5.74) is 1.69. The lowest BCUT2D eigenvalue weighted by Crippen LogP contribution is -2.27. The molecule has 8 heteroatoms. The van der Waals surface area contributed by atoms with Gasteiger partial charge >= 0.3 is 0 Å². The zero-order chi connectivity index (χ0) is 21.8. The van der Waals surface area contributed by atoms with Crippen LogP contribution in [0.25, 0.3) is 6.08 Å². The van der Waals surface area contributed by atoms with Gasteiger partial charge in [0.2, 0.25) is 0 Å². The van der Waals surface area contributed by atoms with E-state index in [9.17, 15) is 13.2 Å². The summed E-state index contributed by atoms with van der Waals surface area (Å²) in [6, 6.07) is 13.7. The zero-order valence-electron chi connectivity index (χ0n) is 17.4. The fourth-order valence-electron chi connectivity index (χ4n) is 3.63. The molecule has 0 bridgehead atoms. The number of hydrogen-bond donors (Lipinski definition) is 1. The molecule has 1 amide bonds. The highest BCUT2D eigenvalue weighted by Gasteiger charge is 2.20. The van der Waals surface area contributed by atoms with E-state index < -0.39 is 10.0 Å². The molecule has 0 saturated carbocycles. The largest absolute Gasteiger partial charge is 0.488 e. The van der Waals surface area contributed by atoms with E-state index in [1.54, 1.807) is 18.2 Å². The molecule has 1 N–H and O–H groups in total. The molecule has 1 saturated heterocycles. The van der Waals surface area contributed by atoms with Crippen molar-refractivity contribution in [2.45, 2.75) is 30.6 Å². The second-order valence-electron chi connectivity index (χ2n) is 7.69. The smallest absolute Gasteiger partial charge is 0.284 e. The van der Waals surface area contributed by atoms with Crippen LogP contribution < -0.4 is 10.1 Å². The van der Waals surface area contributed by atoms with E-state index >= 15 is 0 Å². The molecular formula is C23H25N3O4S. The number of ether oxygens (including phenoxy) is 1. The molecular weight excluding hydrogens is 414 g/mol. The van der Waals surface area contributed by atoms with E-state index in [1.807, 2.05) is 36.2 Å². The minimum absolute atomic E-state index is 0.0506. The van der Waals surface area contributed by atoms with Crippen LogP contribution in [0.1, 0.15) is 31.2 Å². The van der Waals surface area contributed by atoms with Crippen molar-refractivity contribution in [3.63, 3.8) is 0 Å². The van der Waals surface area contributed by atoms with Crippen molar-refractivity contribution in [1.29, 1.82) is 0 Å². The first-order valence-corrected chi connectivity index (χ1v) is 11.8. The summed E-state index contributed by atoms with van der Waals surface area (Å²) in [6.45, 7) is 0.950. The molecule has 1 fully saturated rings. The molecule has 0 atom stereocenters. The Morgan fingerprint density at radius 1 is 1.10 bits per heavy atom. The predicted octanol–water partition coefficient (Wildman–Crippen LogP) is 3.69. The summed E-state index contributed by atoms with van der Waals surface area (Å²) < 4.78 is 35.5. The first kappa shape index (κ1) is 21.1. The van der Waals surface area contributed by atoms with E-state index in [2.05, 4.69) is 9.71 Å². The highest BCUT2D eigenvalue weighted by Crippen LogP contribution is 2.26. The number of nitrogens with one attached hydrogen (secondary N) is 1. The van der Waals surface area contributed by atoms with Crippen molar-refractivity contribution in [3.05, 3.63) is 59.7 Å². The van der Waals surface area contributed by atoms with Crippen LogP contribution >= 0.6 is 0 Å². The maximum atomic E-state index is 12.9. The van der Waals surface area contributed by atoms with Crippen LogP contribution in [-0.2, 0) is 14.8 Å². The van der Waals surface area contributed by atoms with Gasteiger partial charge in [0.15, 0.2) is 0 Å². The number of anilines is 1. The maximum Gasteiger partial charge on any atom is 0.284 e. The Morgan fingerprint density at radius 3 is 2.81 bits per heavy atom. The molecule has 2 aromatic carbocycles. The van der Waals surface area contributed by atoms with Crippen LogP contribution in [0.3, 0.4) is 0 Å². The number of sulfonamides is 1. The Hall–Kier alpha value is -3.13. The van der Waals surface area contributed by atoms with Crippen molar-refractivity contribution in [1.82, 2.24) is 4.90 Å². The summed E-state index contributed by atoms with van der Waals surface area (Å²) in [5.74, 6) is 0.976. The molecule has 0 unspecified atom stereocenters. The molecule has 2 heterocycles. The van der Waals surface area contributed by atoms with Crippen molar-refractivity contribution < 1.29 is 17.9 Å². The van der Waals surface area contributed by atoms with Gasteiger partial charge in [-0.3, -0.25) is 4.79 Å². The average Bonchev–Trinajstić information content (AvgIpc) is 2.97. The van der Waals surface area contributed by atoms with E-state index in [4.69, 9.17) is 4.74 Å². The summed E-state index contributed by atoms with van der Waals surface area (Å²) in [7, 11) is -2.01. The number of hydrogen-bond acceptors (Lipinski definition) is 4. The quantitative estimate of drug-likeness (QED) is 0.785. The van der Waals surface area contributed by atoms with E-state index in [1.165, 1.54) is 12.1 Å². The summed E-state index contributed by atoms with van der Waals surface area (Å²) in [6.07, 6.45) is 5.44. The molecule has 2 aliphatic heterocycles. The van der Waals surface area contributed by atoms with Crippen LogP contribution in [0.5, 0.6) is 5.75 Å². The maximum absolute atomic E-state index is 12.9. The third-order valence-corrected chi connectivity index (χ3v) is 6.67. The number of para-hydroxylation sites is 1. The van der Waals surface area contributed by atoms with Crippen LogP contribution in [-0.4, -0.2) is 45.3 Å². The summed E-state index contributed by atoms with van der Waals surface area (Å²) in [4.78, 5) is 14.7. The highest BCUT2D eigenvalue weighted by molar-refractivity contribution is 7.90. The number of amides is 1. The predicted molar refractivity (Wildman–Crippen MR) is 121 cm³/mol. The van der Waals surface area contributed by atoms with Gasteiger partial charge in [-0.1, -0.05) is 30.7 Å². The fraction of sp³-hybridized carbons (Fsp3) is 0.304. The van der Waals surface area contributed by atoms with Gasteiger partial charge in [0.25, 0.3) is 15.9 Å². The first-order chi connectivity index (χ1) is 14.9. The van der Waals surface area contributed by atoms with Crippen molar-refractivity contribution >= 4 is 33.5 Å². The second-order valence-corrected chi connectivity index (χ2v) is 9.30. The molecule has 0 aromatic heterocycles.